The van der Waals surface area contributed by atoms with Gasteiger partial charge in [-0.15, -0.1) is 0 Å². The van der Waals surface area contributed by atoms with Crippen LogP contribution in [0, 0.1) is 0 Å². The average molecular weight is 388 g/mol. The molecule has 0 bridgehead atoms. The zero-order chi connectivity index (χ0) is 14.8. The van der Waals surface area contributed by atoms with E-state index in [9.17, 15) is 15.3 Å². The monoisotopic (exact) mass is 388 g/mol. The summed E-state index contributed by atoms with van der Waals surface area (Å²) in [7, 11) is 0. The number of aliphatic hydroxyl groups is 4. The molecule has 0 saturated heterocycles. The fourth-order valence-corrected chi connectivity index (χ4v) is 2.57. The molecule has 0 spiro atoms. The largest absolute Gasteiger partial charge is 0.393 e. The molecule has 4 nitrogen and oxygen atoms in total. The predicted octanol–water partition coefficient (Wildman–Crippen LogP) is 2.00. The Labute approximate surface area is 130 Å². The highest BCUT2D eigenvalue weighted by atomic mass is 127. The van der Waals surface area contributed by atoms with Crippen LogP contribution < -0.4 is 0 Å². The first-order valence-electron chi connectivity index (χ1n) is 7.17. The molecule has 5 atom stereocenters. The second-order valence-electron chi connectivity index (χ2n) is 5.56. The van der Waals surface area contributed by atoms with Crippen molar-refractivity contribution in [1.29, 1.82) is 0 Å². The van der Waals surface area contributed by atoms with Crippen molar-refractivity contribution in [2.75, 3.05) is 0 Å². The van der Waals surface area contributed by atoms with Gasteiger partial charge in [0.2, 0.25) is 0 Å². The summed E-state index contributed by atoms with van der Waals surface area (Å²) in [6, 6.07) is 0. The quantitative estimate of drug-likeness (QED) is 0.323. The summed E-state index contributed by atoms with van der Waals surface area (Å²) in [5, 5.41) is 38.3. The van der Waals surface area contributed by atoms with Gasteiger partial charge in [-0.2, -0.15) is 0 Å². The number of aliphatic hydroxyl groups excluding tert-OH is 4. The lowest BCUT2D eigenvalue weighted by molar-refractivity contribution is 0.0771. The molecule has 0 aromatic rings. The van der Waals surface area contributed by atoms with Crippen LogP contribution in [0.4, 0.5) is 0 Å². The number of alkyl halides is 1. The maximum Gasteiger partial charge on any atom is 0.0551 e. The third kappa shape index (κ3) is 13.3. The van der Waals surface area contributed by atoms with E-state index in [2.05, 4.69) is 29.5 Å². The summed E-state index contributed by atoms with van der Waals surface area (Å²) >= 11 is 2.28. The number of hydrogen-bond acceptors (Lipinski definition) is 4. The Hall–Kier alpha value is 0.570. The Morgan fingerprint density at radius 3 is 1.42 bits per heavy atom. The Balaban J connectivity index is 3.60. The predicted molar refractivity (Wildman–Crippen MR) is 85.5 cm³/mol. The van der Waals surface area contributed by atoms with E-state index in [0.29, 0.717) is 42.4 Å². The smallest absolute Gasteiger partial charge is 0.0551 e. The van der Waals surface area contributed by atoms with E-state index in [-0.39, 0.29) is 12.2 Å². The van der Waals surface area contributed by atoms with Crippen molar-refractivity contribution in [3.8, 4) is 0 Å². The Kier molecular flexibility index (Phi) is 11.6. The molecule has 19 heavy (non-hydrogen) atoms. The zero-order valence-corrected chi connectivity index (χ0v) is 14.2. The van der Waals surface area contributed by atoms with Gasteiger partial charge >= 0.3 is 0 Å². The third-order valence-electron chi connectivity index (χ3n) is 3.18. The van der Waals surface area contributed by atoms with Gasteiger partial charge in [0.1, 0.15) is 0 Å². The molecule has 0 aromatic carbocycles. The first-order valence-corrected chi connectivity index (χ1v) is 8.42. The van der Waals surface area contributed by atoms with Crippen molar-refractivity contribution < 1.29 is 20.4 Å². The highest BCUT2D eigenvalue weighted by molar-refractivity contribution is 14.1. The van der Waals surface area contributed by atoms with Crippen molar-refractivity contribution >= 4 is 22.6 Å². The number of halogens is 1. The molecule has 0 aliphatic carbocycles. The van der Waals surface area contributed by atoms with Gasteiger partial charge in [-0.3, -0.25) is 0 Å². The highest BCUT2D eigenvalue weighted by Gasteiger charge is 2.13. The minimum absolute atomic E-state index is 0.346. The lowest BCUT2D eigenvalue weighted by atomic mass is 10.00. The van der Waals surface area contributed by atoms with Gasteiger partial charge in [0.15, 0.2) is 0 Å². The van der Waals surface area contributed by atoms with E-state index in [1.54, 1.807) is 6.92 Å². The first kappa shape index (κ1) is 19.6. The van der Waals surface area contributed by atoms with Crippen LogP contribution in [0.25, 0.3) is 0 Å². The number of hydrogen-bond donors (Lipinski definition) is 4. The van der Waals surface area contributed by atoms with Crippen LogP contribution >= 0.6 is 22.6 Å². The SMILES string of the molecule is CC(O)CCC(O)CCC(O)CCC(O)CC(C)I. The average Bonchev–Trinajstić information content (AvgIpc) is 2.30. The highest BCUT2D eigenvalue weighted by Crippen LogP contribution is 2.15. The lowest BCUT2D eigenvalue weighted by Gasteiger charge is -2.17. The molecule has 0 aliphatic heterocycles. The molecule has 0 saturated carbocycles. The van der Waals surface area contributed by atoms with E-state index >= 15 is 0 Å². The molecule has 0 fully saturated rings. The fourth-order valence-electron chi connectivity index (χ4n) is 1.98. The second-order valence-corrected chi connectivity index (χ2v) is 7.69. The van der Waals surface area contributed by atoms with Gasteiger partial charge in [-0.25, -0.2) is 0 Å². The first-order chi connectivity index (χ1) is 8.81. The van der Waals surface area contributed by atoms with E-state index in [0.717, 1.165) is 6.42 Å². The molecule has 0 aromatic heterocycles. The summed E-state index contributed by atoms with van der Waals surface area (Å²) in [6.07, 6.45) is 2.55. The van der Waals surface area contributed by atoms with Gasteiger partial charge in [-0.05, 0) is 51.9 Å². The zero-order valence-electron chi connectivity index (χ0n) is 12.0. The van der Waals surface area contributed by atoms with Gasteiger partial charge in [0.25, 0.3) is 0 Å². The molecule has 0 radical (unpaired) electrons. The maximum atomic E-state index is 9.78. The van der Waals surface area contributed by atoms with Crippen LogP contribution in [0.15, 0.2) is 0 Å². The van der Waals surface area contributed by atoms with Crippen molar-refractivity contribution in [3.05, 3.63) is 0 Å². The minimum atomic E-state index is -0.458. The molecule has 4 N–H and O–H groups in total. The van der Waals surface area contributed by atoms with E-state index < -0.39 is 12.2 Å². The van der Waals surface area contributed by atoms with Gasteiger partial charge < -0.3 is 20.4 Å². The summed E-state index contributed by atoms with van der Waals surface area (Å²) < 4.78 is 0.437. The molecule has 0 aliphatic rings. The topological polar surface area (TPSA) is 80.9 Å². The molecule has 0 amide bonds. The van der Waals surface area contributed by atoms with E-state index in [1.807, 2.05) is 0 Å². The molecule has 0 rings (SSSR count). The second kappa shape index (κ2) is 11.3. The van der Waals surface area contributed by atoms with Crippen molar-refractivity contribution in [2.45, 2.75) is 87.1 Å². The Bertz CT molecular complexity index is 212. The van der Waals surface area contributed by atoms with Crippen molar-refractivity contribution in [1.82, 2.24) is 0 Å². The van der Waals surface area contributed by atoms with E-state index in [1.165, 1.54) is 0 Å². The molecular formula is C14H29IO4. The van der Waals surface area contributed by atoms with Crippen LogP contribution in [0.2, 0.25) is 0 Å². The van der Waals surface area contributed by atoms with Crippen LogP contribution in [0.3, 0.4) is 0 Å². The fraction of sp³-hybridized carbons (Fsp3) is 1.00. The van der Waals surface area contributed by atoms with Crippen molar-refractivity contribution in [3.63, 3.8) is 0 Å². The third-order valence-corrected chi connectivity index (χ3v) is 3.69. The Morgan fingerprint density at radius 2 is 1.05 bits per heavy atom. The molecule has 5 unspecified atom stereocenters. The van der Waals surface area contributed by atoms with Crippen LogP contribution in [0.1, 0.15) is 58.8 Å². The van der Waals surface area contributed by atoms with Gasteiger partial charge in [0.05, 0.1) is 24.4 Å². The standard InChI is InChI=1S/C14H29IO4/c1-10(15)9-14(19)8-7-13(18)6-5-12(17)4-3-11(2)16/h10-14,16-19H,3-9H2,1-2H3. The van der Waals surface area contributed by atoms with Crippen LogP contribution in [-0.4, -0.2) is 48.8 Å². The maximum absolute atomic E-state index is 9.78. The summed E-state index contributed by atoms with van der Waals surface area (Å²) in [5.41, 5.74) is 0. The minimum Gasteiger partial charge on any atom is -0.393 e. The van der Waals surface area contributed by atoms with Crippen LogP contribution in [0.5, 0.6) is 0 Å². The molecule has 116 valence electrons. The summed E-state index contributed by atoms with van der Waals surface area (Å²) in [4.78, 5) is 0. The van der Waals surface area contributed by atoms with E-state index in [4.69, 9.17) is 5.11 Å². The number of rotatable bonds is 11. The molecule has 5 heteroatoms. The Morgan fingerprint density at radius 1 is 0.684 bits per heavy atom. The molecule has 0 heterocycles. The van der Waals surface area contributed by atoms with Gasteiger partial charge in [0, 0.05) is 3.92 Å². The molecular weight excluding hydrogens is 359 g/mol. The van der Waals surface area contributed by atoms with Crippen LogP contribution in [-0.2, 0) is 0 Å². The summed E-state index contributed by atoms with van der Waals surface area (Å²) in [5.74, 6) is 0. The summed E-state index contributed by atoms with van der Waals surface area (Å²) in [6.45, 7) is 3.76. The lowest BCUT2D eigenvalue weighted by Crippen LogP contribution is -2.18. The normalized spacial score (nSPS) is 19.7. The van der Waals surface area contributed by atoms with Gasteiger partial charge in [-0.1, -0.05) is 29.5 Å². The van der Waals surface area contributed by atoms with Crippen molar-refractivity contribution in [2.24, 2.45) is 0 Å².